The topological polar surface area (TPSA) is 95.9 Å². The van der Waals surface area contributed by atoms with Crippen LogP contribution in [-0.4, -0.2) is 61.0 Å². The van der Waals surface area contributed by atoms with E-state index in [1.807, 2.05) is 36.9 Å². The fourth-order valence-corrected chi connectivity index (χ4v) is 23.0. The van der Waals surface area contributed by atoms with Crippen molar-refractivity contribution >= 4 is 197 Å². The average Bonchev–Trinajstić information content (AvgIpc) is 1.56. The van der Waals surface area contributed by atoms with Gasteiger partial charge in [0.05, 0.1) is 105 Å². The van der Waals surface area contributed by atoms with E-state index in [4.69, 9.17) is 9.97 Å². The van der Waals surface area contributed by atoms with Gasteiger partial charge in [-0.1, -0.05) is 249 Å². The Kier molecular flexibility index (Phi) is 17.8. The normalized spacial score (nSPS) is 12.0. The highest BCUT2D eigenvalue weighted by Gasteiger charge is 2.27. The predicted octanol–water partition coefficient (Wildman–Crippen LogP) is 32.2. The summed E-state index contributed by atoms with van der Waals surface area (Å²) < 4.78 is 21.4. The minimum atomic E-state index is 0.944. The molecule has 31 rings (SSSR count). The SMILES string of the molecule is c1ccc(-c2ccc(-n3c4ccccc4c4cc5c(cc43)c3ccccc3n5-c3ccc4c(c3)c3cccnc3n4-c3ccccc3)cc2)cc1.c1ccc(-n2c3ccccc3c3cc4c(cc32)c2ccccc2n4-c2ccc3c(c2)c2ncncc2n3-c2ccccc2)cc1.c1ccc(-n2c3ccccc3c3cc4c(cc32)c2ccccc2n4-c2cccc(-n3c4ccccc4c4cnccc43)c2)cc1. The lowest BCUT2D eigenvalue weighted by molar-refractivity contribution is 1.13. The van der Waals surface area contributed by atoms with Gasteiger partial charge in [0.2, 0.25) is 0 Å². The summed E-state index contributed by atoms with van der Waals surface area (Å²) in [7, 11) is 0. The van der Waals surface area contributed by atoms with E-state index in [1.54, 1.807) is 6.33 Å². The molecule has 12 heterocycles. The van der Waals surface area contributed by atoms with Gasteiger partial charge in [0.15, 0.2) is 0 Å². The fourth-order valence-electron chi connectivity index (χ4n) is 23.0. The summed E-state index contributed by atoms with van der Waals surface area (Å²) in [5.41, 5.74) is 34.4. The van der Waals surface area contributed by atoms with Crippen molar-refractivity contribution in [3.05, 3.63) is 492 Å². The van der Waals surface area contributed by atoms with E-state index in [2.05, 4.69) is 500 Å². The van der Waals surface area contributed by atoms with Crippen molar-refractivity contribution in [3.8, 4) is 62.3 Å². The molecule has 0 N–H and O–H groups in total. The molecule has 0 atom stereocenters. The van der Waals surface area contributed by atoms with Gasteiger partial charge in [-0.05, 0) is 223 Å². The summed E-state index contributed by atoms with van der Waals surface area (Å²) in [5.74, 6) is 0. The van der Waals surface area contributed by atoms with Crippen LogP contribution >= 0.6 is 0 Å². The summed E-state index contributed by atoms with van der Waals surface area (Å²) in [6.07, 6.45) is 9.29. The van der Waals surface area contributed by atoms with Gasteiger partial charge in [-0.2, -0.15) is 0 Å². The lowest BCUT2D eigenvalue weighted by Gasteiger charge is -2.13. The van der Waals surface area contributed by atoms with Crippen LogP contribution in [0.4, 0.5) is 0 Å². The Morgan fingerprint density at radius 1 is 0.135 bits per heavy atom. The van der Waals surface area contributed by atoms with Gasteiger partial charge in [0.25, 0.3) is 0 Å². The molecule has 0 aliphatic rings. The third-order valence-electron chi connectivity index (χ3n) is 28.9. The minimum Gasteiger partial charge on any atom is -0.309 e. The molecule has 0 saturated carbocycles. The first-order chi connectivity index (χ1) is 70.0. The third-order valence-corrected chi connectivity index (χ3v) is 28.9. The highest BCUT2D eigenvalue weighted by atomic mass is 15.1. The molecule has 0 bridgehead atoms. The molecule has 0 aliphatic carbocycles. The number of hydrogen-bond acceptors (Lipinski definition) is 4. The third kappa shape index (κ3) is 12.3. The molecule has 13 nitrogen and oxygen atoms in total. The van der Waals surface area contributed by atoms with Crippen LogP contribution in [0, 0.1) is 0 Å². The quantitative estimate of drug-likeness (QED) is 0.136. The lowest BCUT2D eigenvalue weighted by Crippen LogP contribution is -1.98. The number of para-hydroxylation sites is 11. The van der Waals surface area contributed by atoms with E-state index >= 15 is 0 Å². The van der Waals surface area contributed by atoms with Crippen molar-refractivity contribution < 1.29 is 0 Å². The first-order valence-corrected chi connectivity index (χ1v) is 47.9. The summed E-state index contributed by atoms with van der Waals surface area (Å²) in [6.45, 7) is 0. The molecule has 0 fully saturated rings. The molecule has 0 unspecified atom stereocenters. The second kappa shape index (κ2) is 31.7. The fraction of sp³-hybridized carbons (Fsp3) is 0. The first kappa shape index (κ1) is 79.2. The van der Waals surface area contributed by atoms with E-state index in [1.165, 1.54) is 164 Å². The zero-order chi connectivity index (χ0) is 92.4. The molecule has 0 saturated heterocycles. The summed E-state index contributed by atoms with van der Waals surface area (Å²) in [4.78, 5) is 18.4. The number of rotatable bonds is 10. The van der Waals surface area contributed by atoms with Crippen LogP contribution < -0.4 is 0 Å². The highest BCUT2D eigenvalue weighted by Crippen LogP contribution is 2.47. The molecular weight excluding hydrogens is 1720 g/mol. The van der Waals surface area contributed by atoms with Crippen molar-refractivity contribution in [1.29, 1.82) is 0 Å². The van der Waals surface area contributed by atoms with E-state index in [0.29, 0.717) is 0 Å². The Hall–Kier alpha value is -19.2. The van der Waals surface area contributed by atoms with E-state index in [0.717, 1.165) is 94.9 Å². The van der Waals surface area contributed by atoms with Crippen molar-refractivity contribution in [2.45, 2.75) is 0 Å². The molecule has 0 aliphatic heterocycles. The standard InChI is InChI=1S/C47H30N4.C41H26N4.C40H25N5/c1-3-12-31(13-4-1)32-21-23-34(24-22-32)49-42-19-9-7-16-36(42)40-30-46-41(29-45(40)49)37-17-8-10-20-43(37)50(46)35-25-26-44-39(28-35)38-18-11-27-48-47(38)51(44)33-14-5-2-6-15-33;1-2-11-27(12-3-1)43-36-18-7-4-15-30(36)33-25-41-34(24-40(33)43)31-16-5-8-19-37(31)45(41)29-14-10-13-28(23-29)44-38-20-9-6-17-32(38)35-26-42-22-21-39(35)44;1-3-11-26(12-4-1)43-34-17-9-7-15-29(34)31-23-38-32(22-37(31)43)30-16-8-10-18-35(30)45(38)28-19-20-36-33(21-28)40-39(24-41-25-42-40)44(36)27-13-5-2-6-14-27/h1-30H;1-26H;1-25H. The second-order valence-electron chi connectivity index (χ2n) is 36.5. The molecule has 31 aromatic rings. The Bertz CT molecular complexity index is 10500. The highest BCUT2D eigenvalue weighted by molar-refractivity contribution is 6.24. The molecule has 0 spiro atoms. The van der Waals surface area contributed by atoms with Gasteiger partial charge in [-0.25, -0.2) is 15.0 Å². The van der Waals surface area contributed by atoms with Crippen LogP contribution in [0.5, 0.6) is 0 Å². The van der Waals surface area contributed by atoms with Crippen LogP contribution in [-0.2, 0) is 0 Å². The molecular formula is C128H81N13. The zero-order valence-corrected chi connectivity index (χ0v) is 76.1. The van der Waals surface area contributed by atoms with E-state index in [9.17, 15) is 0 Å². The van der Waals surface area contributed by atoms with E-state index < -0.39 is 0 Å². The van der Waals surface area contributed by atoms with Gasteiger partial charge in [0, 0.05) is 161 Å². The average molecular weight is 1800 g/mol. The summed E-state index contributed by atoms with van der Waals surface area (Å²) in [5, 5.41) is 20.7. The smallest absolute Gasteiger partial charge is 0.145 e. The Morgan fingerprint density at radius 2 is 0.411 bits per heavy atom. The molecule has 19 aromatic carbocycles. The Morgan fingerprint density at radius 3 is 0.823 bits per heavy atom. The number of benzene rings is 19. The van der Waals surface area contributed by atoms with Crippen LogP contribution in [0.2, 0.25) is 0 Å². The molecule has 12 aromatic heterocycles. The zero-order valence-electron chi connectivity index (χ0n) is 76.1. The Labute approximate surface area is 806 Å². The number of aromatic nitrogens is 13. The number of fused-ring (bicyclic) bond motifs is 27. The number of nitrogens with zero attached hydrogens (tertiary/aromatic N) is 13. The van der Waals surface area contributed by atoms with Crippen LogP contribution in [0.1, 0.15) is 0 Å². The van der Waals surface area contributed by atoms with Gasteiger partial charge in [0.1, 0.15) is 12.0 Å². The van der Waals surface area contributed by atoms with Crippen LogP contribution in [0.25, 0.3) is 259 Å². The maximum atomic E-state index is 4.85. The number of pyridine rings is 2. The molecule has 658 valence electrons. The summed E-state index contributed by atoms with van der Waals surface area (Å²) >= 11 is 0. The largest absolute Gasteiger partial charge is 0.309 e. The maximum absolute atomic E-state index is 4.85. The van der Waals surface area contributed by atoms with Crippen molar-refractivity contribution in [1.82, 2.24) is 61.0 Å². The van der Waals surface area contributed by atoms with E-state index in [-0.39, 0.29) is 0 Å². The molecule has 13 heteroatoms. The molecule has 141 heavy (non-hydrogen) atoms. The van der Waals surface area contributed by atoms with Crippen LogP contribution in [0.15, 0.2) is 492 Å². The predicted molar refractivity (Wildman–Crippen MR) is 585 cm³/mol. The van der Waals surface area contributed by atoms with Crippen molar-refractivity contribution in [3.63, 3.8) is 0 Å². The molecule has 0 amide bonds. The molecule has 0 radical (unpaired) electrons. The maximum Gasteiger partial charge on any atom is 0.145 e. The van der Waals surface area contributed by atoms with Gasteiger partial charge >= 0.3 is 0 Å². The summed E-state index contributed by atoms with van der Waals surface area (Å²) in [6, 6.07) is 166. The second-order valence-corrected chi connectivity index (χ2v) is 36.5. The van der Waals surface area contributed by atoms with Crippen molar-refractivity contribution in [2.24, 2.45) is 0 Å². The van der Waals surface area contributed by atoms with Crippen molar-refractivity contribution in [2.75, 3.05) is 0 Å². The minimum absolute atomic E-state index is 0.944. The Balaban J connectivity index is 0.000000102. The monoisotopic (exact) mass is 1800 g/mol. The van der Waals surface area contributed by atoms with Crippen LogP contribution in [0.3, 0.4) is 0 Å². The van der Waals surface area contributed by atoms with Gasteiger partial charge in [-0.3, -0.25) is 9.55 Å². The van der Waals surface area contributed by atoms with Gasteiger partial charge in [-0.15, -0.1) is 0 Å². The number of hydrogen-bond donors (Lipinski definition) is 0. The van der Waals surface area contributed by atoms with Gasteiger partial charge < -0.3 is 36.5 Å². The lowest BCUT2D eigenvalue weighted by atomic mass is 10.1. The first-order valence-electron chi connectivity index (χ1n) is 47.9.